The van der Waals surface area contributed by atoms with Crippen molar-refractivity contribution < 1.29 is 10.0 Å². The largest absolute Gasteiger partial charge is 0.451 e. The fourth-order valence-electron chi connectivity index (χ4n) is 0.823. The van der Waals surface area contributed by atoms with Crippen LogP contribution in [0, 0.1) is 0 Å². The summed E-state index contributed by atoms with van der Waals surface area (Å²) in [5.74, 6) is 0. The van der Waals surface area contributed by atoms with Crippen molar-refractivity contribution in [3.05, 3.63) is 30.1 Å². The van der Waals surface area contributed by atoms with Gasteiger partial charge in [-0.25, -0.2) is 0 Å². The Labute approximate surface area is 65.9 Å². The first-order valence-electron chi connectivity index (χ1n) is 3.55. The Bertz CT molecular complexity index is 203. The van der Waals surface area contributed by atoms with E-state index >= 15 is 0 Å². The van der Waals surface area contributed by atoms with Gasteiger partial charge >= 0.3 is 7.12 Å². The highest BCUT2D eigenvalue weighted by atomic mass is 16.4. The maximum Gasteiger partial charge on any atom is 0.451 e. The molecule has 0 amide bonds. The van der Waals surface area contributed by atoms with Gasteiger partial charge in [0.1, 0.15) is 0 Å². The quantitative estimate of drug-likeness (QED) is 0.602. The van der Waals surface area contributed by atoms with Gasteiger partial charge < -0.3 is 10.0 Å². The molecule has 0 fully saturated rings. The molecule has 0 atom stereocenters. The number of aryl methyl sites for hydroxylation is 1. The lowest BCUT2D eigenvalue weighted by Gasteiger charge is -1.97. The van der Waals surface area contributed by atoms with E-state index in [4.69, 9.17) is 10.0 Å². The molecule has 0 aromatic carbocycles. The Hall–Kier alpha value is -0.865. The second kappa shape index (κ2) is 4.11. The van der Waals surface area contributed by atoms with Gasteiger partial charge in [-0.1, -0.05) is 6.07 Å². The van der Waals surface area contributed by atoms with Crippen molar-refractivity contribution in [2.75, 3.05) is 0 Å². The van der Waals surface area contributed by atoms with Crippen LogP contribution in [0.15, 0.2) is 24.4 Å². The van der Waals surface area contributed by atoms with Crippen LogP contribution < -0.4 is 0 Å². The molecule has 1 heterocycles. The van der Waals surface area contributed by atoms with E-state index in [0.29, 0.717) is 12.7 Å². The average molecular weight is 151 g/mol. The maximum absolute atomic E-state index is 8.54. The van der Waals surface area contributed by atoms with E-state index in [1.165, 1.54) is 0 Å². The molecule has 4 heteroatoms. The first-order chi connectivity index (χ1) is 5.29. The van der Waals surface area contributed by atoms with Crippen molar-refractivity contribution in [1.29, 1.82) is 0 Å². The molecule has 0 aliphatic rings. The number of hydrogen-bond acceptors (Lipinski definition) is 3. The normalized spacial score (nSPS) is 9.64. The van der Waals surface area contributed by atoms with Crippen LogP contribution in [0.5, 0.6) is 0 Å². The second-order valence-electron chi connectivity index (χ2n) is 2.34. The predicted octanol–water partition coefficient (Wildman–Crippen LogP) is 0.0969. The average Bonchev–Trinajstić information content (AvgIpc) is 2.03. The minimum atomic E-state index is -1.22. The zero-order valence-electron chi connectivity index (χ0n) is 6.14. The van der Waals surface area contributed by atoms with E-state index in [0.717, 1.165) is 5.69 Å². The number of aromatic nitrogens is 1. The van der Waals surface area contributed by atoms with Crippen LogP contribution in [0.3, 0.4) is 0 Å². The van der Waals surface area contributed by atoms with Crippen molar-refractivity contribution >= 4 is 7.12 Å². The number of nitrogens with zero attached hydrogens (tertiary/aromatic N) is 1. The molecule has 3 nitrogen and oxygen atoms in total. The number of pyridine rings is 1. The minimum Gasteiger partial charge on any atom is -0.427 e. The molecule has 0 aliphatic carbocycles. The highest BCUT2D eigenvalue weighted by Gasteiger charge is 2.05. The molecular weight excluding hydrogens is 141 g/mol. The molecule has 2 N–H and O–H groups in total. The first-order valence-corrected chi connectivity index (χ1v) is 3.55. The number of hydrogen-bond donors (Lipinski definition) is 2. The first kappa shape index (κ1) is 8.23. The van der Waals surface area contributed by atoms with Crippen LogP contribution >= 0.6 is 0 Å². The topological polar surface area (TPSA) is 53.4 Å². The van der Waals surface area contributed by atoms with E-state index in [1.54, 1.807) is 6.20 Å². The summed E-state index contributed by atoms with van der Waals surface area (Å²) in [7, 11) is -1.22. The summed E-state index contributed by atoms with van der Waals surface area (Å²) in [6.07, 6.45) is 2.65. The molecule has 0 unspecified atom stereocenters. The van der Waals surface area contributed by atoms with Crippen molar-refractivity contribution in [3.8, 4) is 0 Å². The lowest BCUT2D eigenvalue weighted by molar-refractivity contribution is 0.405. The van der Waals surface area contributed by atoms with E-state index in [-0.39, 0.29) is 0 Å². The van der Waals surface area contributed by atoms with E-state index in [1.807, 2.05) is 18.2 Å². The fourth-order valence-corrected chi connectivity index (χ4v) is 0.823. The third-order valence-corrected chi connectivity index (χ3v) is 1.38. The molecule has 0 saturated heterocycles. The highest BCUT2D eigenvalue weighted by molar-refractivity contribution is 6.40. The Kier molecular flexibility index (Phi) is 3.07. The molecule has 0 spiro atoms. The molecule has 58 valence electrons. The summed E-state index contributed by atoms with van der Waals surface area (Å²) in [4.78, 5) is 4.03. The van der Waals surface area contributed by atoms with Crippen molar-refractivity contribution in [2.45, 2.75) is 12.7 Å². The molecule has 1 aromatic heterocycles. The second-order valence-corrected chi connectivity index (χ2v) is 2.34. The molecule has 0 radical (unpaired) electrons. The van der Waals surface area contributed by atoms with Crippen molar-refractivity contribution in [2.24, 2.45) is 0 Å². The highest BCUT2D eigenvalue weighted by Crippen LogP contribution is 1.98. The summed E-state index contributed by atoms with van der Waals surface area (Å²) >= 11 is 0. The molecule has 11 heavy (non-hydrogen) atoms. The van der Waals surface area contributed by atoms with Gasteiger partial charge in [0.15, 0.2) is 0 Å². The van der Waals surface area contributed by atoms with Gasteiger partial charge in [-0.15, -0.1) is 0 Å². The van der Waals surface area contributed by atoms with Gasteiger partial charge in [0.25, 0.3) is 0 Å². The van der Waals surface area contributed by atoms with Gasteiger partial charge in [0, 0.05) is 11.9 Å². The minimum absolute atomic E-state index is 0.344. The molecule has 0 bridgehead atoms. The van der Waals surface area contributed by atoms with E-state index in [9.17, 15) is 0 Å². The summed E-state index contributed by atoms with van der Waals surface area (Å²) < 4.78 is 0. The van der Waals surface area contributed by atoms with E-state index < -0.39 is 7.12 Å². The van der Waals surface area contributed by atoms with Gasteiger partial charge in [-0.2, -0.15) is 0 Å². The van der Waals surface area contributed by atoms with Crippen LogP contribution in [0.4, 0.5) is 0 Å². The van der Waals surface area contributed by atoms with Crippen LogP contribution in [-0.4, -0.2) is 22.2 Å². The Morgan fingerprint density at radius 1 is 1.36 bits per heavy atom. The van der Waals surface area contributed by atoms with Gasteiger partial charge in [-0.3, -0.25) is 4.98 Å². The Morgan fingerprint density at radius 2 is 2.18 bits per heavy atom. The molecule has 0 aliphatic heterocycles. The third-order valence-electron chi connectivity index (χ3n) is 1.38. The van der Waals surface area contributed by atoms with Crippen LogP contribution in [0.2, 0.25) is 6.32 Å². The van der Waals surface area contributed by atoms with E-state index in [2.05, 4.69) is 4.98 Å². The standard InChI is InChI=1S/C7H10BNO2/c10-8(11)5-4-7-3-1-2-6-9-7/h1-3,6,10-11H,4-5H2. The Balaban J connectivity index is 2.39. The lowest BCUT2D eigenvalue weighted by Crippen LogP contribution is -2.11. The zero-order valence-corrected chi connectivity index (χ0v) is 6.14. The zero-order chi connectivity index (χ0) is 8.10. The Morgan fingerprint density at radius 3 is 2.73 bits per heavy atom. The molecule has 1 rings (SSSR count). The summed E-state index contributed by atoms with van der Waals surface area (Å²) in [6, 6.07) is 5.58. The smallest absolute Gasteiger partial charge is 0.427 e. The van der Waals surface area contributed by atoms with Gasteiger partial charge in [0.2, 0.25) is 0 Å². The SMILES string of the molecule is OB(O)CCc1ccccn1. The molecular formula is C7H10BNO2. The predicted molar refractivity (Wildman–Crippen MR) is 42.9 cm³/mol. The lowest BCUT2D eigenvalue weighted by atomic mass is 9.84. The fraction of sp³-hybridized carbons (Fsp3) is 0.286. The van der Waals surface area contributed by atoms with Crippen LogP contribution in [0.1, 0.15) is 5.69 Å². The van der Waals surface area contributed by atoms with Crippen LogP contribution in [-0.2, 0) is 6.42 Å². The molecule has 0 saturated carbocycles. The number of rotatable bonds is 3. The summed E-state index contributed by atoms with van der Waals surface area (Å²) in [5, 5.41) is 17.1. The van der Waals surface area contributed by atoms with Crippen molar-refractivity contribution in [3.63, 3.8) is 0 Å². The van der Waals surface area contributed by atoms with Gasteiger partial charge in [0.05, 0.1) is 0 Å². The molecule has 1 aromatic rings. The monoisotopic (exact) mass is 151 g/mol. The van der Waals surface area contributed by atoms with Crippen molar-refractivity contribution in [1.82, 2.24) is 4.98 Å². The summed E-state index contributed by atoms with van der Waals surface area (Å²) in [6.45, 7) is 0. The summed E-state index contributed by atoms with van der Waals surface area (Å²) in [5.41, 5.74) is 0.889. The van der Waals surface area contributed by atoms with Gasteiger partial charge in [-0.05, 0) is 24.9 Å². The van der Waals surface area contributed by atoms with Crippen LogP contribution in [0.25, 0.3) is 0 Å². The third kappa shape index (κ3) is 3.16. The maximum atomic E-state index is 8.54.